The summed E-state index contributed by atoms with van der Waals surface area (Å²) in [7, 11) is 1.40. The Morgan fingerprint density at radius 3 is 1.77 bits per heavy atom. The zero-order chi connectivity index (χ0) is 18.6. The van der Waals surface area contributed by atoms with Crippen molar-refractivity contribution in [3.05, 3.63) is 59.7 Å². The highest BCUT2D eigenvalue weighted by atomic mass is 16.5. The number of benzene rings is 2. The molecule has 0 aliphatic heterocycles. The predicted molar refractivity (Wildman–Crippen MR) is 110 cm³/mol. The number of hydrogen-bond donors (Lipinski definition) is 0. The molecule has 2 aromatic rings. The Balaban J connectivity index is 1.75. The number of methoxy groups -OCH3 is 1. The minimum absolute atomic E-state index is 0.294. The summed E-state index contributed by atoms with van der Waals surface area (Å²) in [6, 6.07) is 16.4. The van der Waals surface area contributed by atoms with Gasteiger partial charge in [-0.1, -0.05) is 88.3 Å². The SMILES string of the molecule is CCCCCCCCCCc1ccc(-c2ccc(C(=O)OC)cc2)cc1. The normalized spacial score (nSPS) is 10.7. The monoisotopic (exact) mass is 352 g/mol. The second-order valence-corrected chi connectivity index (χ2v) is 6.99. The molecule has 0 saturated carbocycles. The van der Waals surface area contributed by atoms with Crippen LogP contribution in [0.1, 0.15) is 74.2 Å². The topological polar surface area (TPSA) is 26.3 Å². The third kappa shape index (κ3) is 6.67. The highest BCUT2D eigenvalue weighted by Crippen LogP contribution is 2.21. The molecular weight excluding hydrogens is 320 g/mol. The minimum atomic E-state index is -0.294. The van der Waals surface area contributed by atoms with Crippen LogP contribution in [0.3, 0.4) is 0 Å². The molecule has 0 radical (unpaired) electrons. The van der Waals surface area contributed by atoms with Crippen molar-refractivity contribution in [3.8, 4) is 11.1 Å². The number of rotatable bonds is 11. The van der Waals surface area contributed by atoms with Crippen LogP contribution in [0.2, 0.25) is 0 Å². The standard InChI is InChI=1S/C24H32O2/c1-3-4-5-6-7-8-9-10-11-20-12-14-21(15-13-20)22-16-18-23(19-17-22)24(25)26-2/h12-19H,3-11H2,1-2H3. The van der Waals surface area contributed by atoms with Gasteiger partial charge in [0.05, 0.1) is 12.7 Å². The molecule has 0 fully saturated rings. The van der Waals surface area contributed by atoms with Crippen molar-refractivity contribution in [1.29, 1.82) is 0 Å². The van der Waals surface area contributed by atoms with E-state index in [-0.39, 0.29) is 5.97 Å². The van der Waals surface area contributed by atoms with E-state index in [0.717, 1.165) is 12.0 Å². The van der Waals surface area contributed by atoms with Crippen molar-refractivity contribution in [2.24, 2.45) is 0 Å². The molecule has 0 N–H and O–H groups in total. The average Bonchev–Trinajstić information content (AvgIpc) is 2.70. The van der Waals surface area contributed by atoms with Crippen molar-refractivity contribution in [2.75, 3.05) is 7.11 Å². The van der Waals surface area contributed by atoms with Crippen LogP contribution in [0, 0.1) is 0 Å². The summed E-state index contributed by atoms with van der Waals surface area (Å²) >= 11 is 0. The highest BCUT2D eigenvalue weighted by Gasteiger charge is 2.05. The summed E-state index contributed by atoms with van der Waals surface area (Å²) < 4.78 is 4.74. The van der Waals surface area contributed by atoms with Crippen LogP contribution >= 0.6 is 0 Å². The predicted octanol–water partition coefficient (Wildman–Crippen LogP) is 6.82. The van der Waals surface area contributed by atoms with E-state index in [0.29, 0.717) is 5.56 Å². The van der Waals surface area contributed by atoms with E-state index in [1.165, 1.54) is 69.6 Å². The van der Waals surface area contributed by atoms with Crippen LogP contribution in [-0.2, 0) is 11.2 Å². The summed E-state index contributed by atoms with van der Waals surface area (Å²) in [5.41, 5.74) is 4.30. The number of carbonyl (C=O) groups excluding carboxylic acids is 1. The maximum atomic E-state index is 11.5. The highest BCUT2D eigenvalue weighted by molar-refractivity contribution is 5.89. The number of aryl methyl sites for hydroxylation is 1. The number of carbonyl (C=O) groups is 1. The quantitative estimate of drug-likeness (QED) is 0.327. The molecule has 0 atom stereocenters. The van der Waals surface area contributed by atoms with Gasteiger partial charge in [-0.25, -0.2) is 4.79 Å². The molecule has 2 aromatic carbocycles. The van der Waals surface area contributed by atoms with Crippen molar-refractivity contribution < 1.29 is 9.53 Å². The van der Waals surface area contributed by atoms with E-state index in [1.54, 1.807) is 0 Å². The van der Waals surface area contributed by atoms with E-state index in [4.69, 9.17) is 4.74 Å². The molecule has 2 nitrogen and oxygen atoms in total. The molecule has 0 aliphatic rings. The van der Waals surface area contributed by atoms with E-state index < -0.39 is 0 Å². The fraction of sp³-hybridized carbons (Fsp3) is 0.458. The Morgan fingerprint density at radius 2 is 1.23 bits per heavy atom. The van der Waals surface area contributed by atoms with Gasteiger partial charge in [0, 0.05) is 0 Å². The minimum Gasteiger partial charge on any atom is -0.465 e. The summed E-state index contributed by atoms with van der Waals surface area (Å²) in [6.07, 6.45) is 12.0. The van der Waals surface area contributed by atoms with Crippen LogP contribution < -0.4 is 0 Å². The van der Waals surface area contributed by atoms with E-state index in [9.17, 15) is 4.79 Å². The molecule has 0 heterocycles. The molecule has 0 spiro atoms. The van der Waals surface area contributed by atoms with Crippen LogP contribution in [-0.4, -0.2) is 13.1 Å². The van der Waals surface area contributed by atoms with Gasteiger partial charge in [-0.2, -0.15) is 0 Å². The van der Waals surface area contributed by atoms with Gasteiger partial charge in [0.1, 0.15) is 0 Å². The molecular formula is C24H32O2. The van der Waals surface area contributed by atoms with Gasteiger partial charge in [0.2, 0.25) is 0 Å². The smallest absolute Gasteiger partial charge is 0.337 e. The second kappa shape index (κ2) is 11.5. The molecule has 0 bridgehead atoms. The average molecular weight is 353 g/mol. The van der Waals surface area contributed by atoms with Gasteiger partial charge in [-0.3, -0.25) is 0 Å². The van der Waals surface area contributed by atoms with Gasteiger partial charge in [0.25, 0.3) is 0 Å². The fourth-order valence-electron chi connectivity index (χ4n) is 3.24. The first-order valence-corrected chi connectivity index (χ1v) is 10.0. The summed E-state index contributed by atoms with van der Waals surface area (Å²) in [6.45, 7) is 2.27. The molecule has 2 rings (SSSR count). The summed E-state index contributed by atoms with van der Waals surface area (Å²) in [5.74, 6) is -0.294. The second-order valence-electron chi connectivity index (χ2n) is 6.99. The fourth-order valence-corrected chi connectivity index (χ4v) is 3.24. The maximum Gasteiger partial charge on any atom is 0.337 e. The first-order valence-electron chi connectivity index (χ1n) is 10.0. The lowest BCUT2D eigenvalue weighted by molar-refractivity contribution is 0.0601. The van der Waals surface area contributed by atoms with E-state index >= 15 is 0 Å². The molecule has 0 aromatic heterocycles. The summed E-state index contributed by atoms with van der Waals surface area (Å²) in [4.78, 5) is 11.5. The lowest BCUT2D eigenvalue weighted by atomic mass is 10.00. The molecule has 0 amide bonds. The number of unbranched alkanes of at least 4 members (excludes halogenated alkanes) is 7. The first kappa shape index (κ1) is 20.2. The molecule has 26 heavy (non-hydrogen) atoms. The van der Waals surface area contributed by atoms with Gasteiger partial charge in [0.15, 0.2) is 0 Å². The Kier molecular flexibility index (Phi) is 8.95. The van der Waals surface area contributed by atoms with E-state index in [2.05, 4.69) is 31.2 Å². The van der Waals surface area contributed by atoms with Crippen LogP contribution in [0.5, 0.6) is 0 Å². The Morgan fingerprint density at radius 1 is 0.731 bits per heavy atom. The third-order valence-electron chi connectivity index (χ3n) is 4.91. The van der Waals surface area contributed by atoms with Crippen molar-refractivity contribution in [2.45, 2.75) is 64.7 Å². The van der Waals surface area contributed by atoms with Gasteiger partial charge in [-0.05, 0) is 41.7 Å². The van der Waals surface area contributed by atoms with Crippen LogP contribution in [0.15, 0.2) is 48.5 Å². The molecule has 0 aliphatic carbocycles. The zero-order valence-electron chi connectivity index (χ0n) is 16.3. The Hall–Kier alpha value is -2.09. The molecule has 0 saturated heterocycles. The van der Waals surface area contributed by atoms with Gasteiger partial charge < -0.3 is 4.74 Å². The van der Waals surface area contributed by atoms with Gasteiger partial charge in [-0.15, -0.1) is 0 Å². The molecule has 2 heteroatoms. The van der Waals surface area contributed by atoms with Crippen molar-refractivity contribution in [3.63, 3.8) is 0 Å². The maximum absolute atomic E-state index is 11.5. The van der Waals surface area contributed by atoms with Crippen molar-refractivity contribution in [1.82, 2.24) is 0 Å². The number of hydrogen-bond acceptors (Lipinski definition) is 2. The zero-order valence-corrected chi connectivity index (χ0v) is 16.3. The van der Waals surface area contributed by atoms with Crippen LogP contribution in [0.4, 0.5) is 0 Å². The number of ether oxygens (including phenoxy) is 1. The van der Waals surface area contributed by atoms with Crippen molar-refractivity contribution >= 4 is 5.97 Å². The third-order valence-corrected chi connectivity index (χ3v) is 4.91. The molecule has 0 unspecified atom stereocenters. The summed E-state index contributed by atoms with van der Waals surface area (Å²) in [5, 5.41) is 0. The Labute approximate surface area is 158 Å². The number of esters is 1. The van der Waals surface area contributed by atoms with Crippen LogP contribution in [0.25, 0.3) is 11.1 Å². The lowest BCUT2D eigenvalue weighted by Gasteiger charge is -2.06. The van der Waals surface area contributed by atoms with Gasteiger partial charge >= 0.3 is 5.97 Å². The van der Waals surface area contributed by atoms with E-state index in [1.807, 2.05) is 24.3 Å². The lowest BCUT2D eigenvalue weighted by Crippen LogP contribution is -2.00. The largest absolute Gasteiger partial charge is 0.465 e. The molecule has 140 valence electrons. The first-order chi connectivity index (χ1) is 12.7. The Bertz CT molecular complexity index is 641.